The largest absolute Gasteiger partial charge is 0.481 e. The standard InChI is InChI=1S/C12H23NO4S/c1-12(2,11(14)15)5-3-4-6-13-7-9-18(16,17)10-8-13/h3-10H2,1-2H3,(H,14,15). The molecule has 1 fully saturated rings. The van der Waals surface area contributed by atoms with Crippen LogP contribution in [-0.2, 0) is 14.6 Å². The molecule has 1 aliphatic rings. The second-order valence-corrected chi connectivity index (χ2v) is 7.94. The quantitative estimate of drug-likeness (QED) is 0.733. The van der Waals surface area contributed by atoms with Crippen molar-refractivity contribution in [3.05, 3.63) is 0 Å². The van der Waals surface area contributed by atoms with E-state index < -0.39 is 21.2 Å². The Bertz CT molecular complexity index is 375. The second-order valence-electron chi connectivity index (χ2n) is 5.64. The van der Waals surface area contributed by atoms with E-state index in [2.05, 4.69) is 4.90 Å². The lowest BCUT2D eigenvalue weighted by molar-refractivity contribution is -0.147. The summed E-state index contributed by atoms with van der Waals surface area (Å²) in [4.78, 5) is 13.1. The van der Waals surface area contributed by atoms with E-state index in [0.29, 0.717) is 19.5 Å². The molecule has 1 heterocycles. The van der Waals surface area contributed by atoms with E-state index in [1.807, 2.05) is 0 Å². The highest BCUT2D eigenvalue weighted by Gasteiger charge is 2.26. The number of rotatable bonds is 6. The summed E-state index contributed by atoms with van der Waals surface area (Å²) in [5.74, 6) is -0.243. The van der Waals surface area contributed by atoms with Crippen molar-refractivity contribution in [1.29, 1.82) is 0 Å². The molecule has 1 aliphatic heterocycles. The van der Waals surface area contributed by atoms with Gasteiger partial charge in [0.2, 0.25) is 0 Å². The fraction of sp³-hybridized carbons (Fsp3) is 0.917. The maximum absolute atomic E-state index is 11.2. The monoisotopic (exact) mass is 277 g/mol. The zero-order valence-corrected chi connectivity index (χ0v) is 12.0. The number of sulfone groups is 1. The highest BCUT2D eigenvalue weighted by molar-refractivity contribution is 7.91. The van der Waals surface area contributed by atoms with Crippen molar-refractivity contribution in [1.82, 2.24) is 4.90 Å². The third-order valence-electron chi connectivity index (χ3n) is 3.54. The highest BCUT2D eigenvalue weighted by Crippen LogP contribution is 2.23. The summed E-state index contributed by atoms with van der Waals surface area (Å²) in [6.07, 6.45) is 2.45. The predicted octanol–water partition coefficient (Wildman–Crippen LogP) is 0.998. The van der Waals surface area contributed by atoms with E-state index in [1.54, 1.807) is 13.8 Å². The second kappa shape index (κ2) is 6.02. The van der Waals surface area contributed by atoms with Crippen LogP contribution in [-0.4, -0.2) is 55.5 Å². The van der Waals surface area contributed by atoms with Crippen molar-refractivity contribution in [2.75, 3.05) is 31.1 Å². The van der Waals surface area contributed by atoms with Gasteiger partial charge < -0.3 is 10.0 Å². The molecular formula is C12H23NO4S. The number of carboxylic acid groups (broad SMARTS) is 1. The molecule has 0 atom stereocenters. The van der Waals surface area contributed by atoms with Crippen molar-refractivity contribution in [3.63, 3.8) is 0 Å². The first kappa shape index (κ1) is 15.4. The van der Waals surface area contributed by atoms with Crippen LogP contribution in [0.4, 0.5) is 0 Å². The Morgan fingerprint density at radius 3 is 2.28 bits per heavy atom. The Morgan fingerprint density at radius 2 is 1.78 bits per heavy atom. The van der Waals surface area contributed by atoms with Crippen molar-refractivity contribution >= 4 is 15.8 Å². The number of aliphatic carboxylic acids is 1. The van der Waals surface area contributed by atoms with Gasteiger partial charge in [0.1, 0.15) is 0 Å². The van der Waals surface area contributed by atoms with E-state index in [-0.39, 0.29) is 11.5 Å². The van der Waals surface area contributed by atoms with Crippen LogP contribution < -0.4 is 0 Å². The number of hydrogen-bond acceptors (Lipinski definition) is 4. The molecular weight excluding hydrogens is 254 g/mol. The zero-order chi connectivity index (χ0) is 13.8. The SMILES string of the molecule is CC(C)(CCCCN1CCS(=O)(=O)CC1)C(=O)O. The Kier molecular flexibility index (Phi) is 5.16. The number of carbonyl (C=O) groups is 1. The van der Waals surface area contributed by atoms with Crippen molar-refractivity contribution in [2.24, 2.45) is 5.41 Å². The van der Waals surface area contributed by atoms with Crippen LogP contribution in [0, 0.1) is 5.41 Å². The highest BCUT2D eigenvalue weighted by atomic mass is 32.2. The summed E-state index contributed by atoms with van der Waals surface area (Å²) in [6.45, 7) is 5.58. The minimum atomic E-state index is -2.80. The summed E-state index contributed by atoms with van der Waals surface area (Å²) < 4.78 is 22.5. The summed E-state index contributed by atoms with van der Waals surface area (Å²) in [5.41, 5.74) is -0.661. The van der Waals surface area contributed by atoms with E-state index in [0.717, 1.165) is 19.4 Å². The van der Waals surface area contributed by atoms with Gasteiger partial charge in [0.25, 0.3) is 0 Å². The molecule has 0 bridgehead atoms. The Morgan fingerprint density at radius 1 is 1.22 bits per heavy atom. The molecule has 0 radical (unpaired) electrons. The molecule has 6 heteroatoms. The van der Waals surface area contributed by atoms with Crippen LogP contribution in [0.2, 0.25) is 0 Å². The summed E-state index contributed by atoms with van der Waals surface area (Å²) in [7, 11) is -2.80. The van der Waals surface area contributed by atoms with Gasteiger partial charge in [-0.3, -0.25) is 4.79 Å². The van der Waals surface area contributed by atoms with Gasteiger partial charge in [-0.25, -0.2) is 8.42 Å². The zero-order valence-electron chi connectivity index (χ0n) is 11.2. The fourth-order valence-corrected chi connectivity index (χ4v) is 3.26. The van der Waals surface area contributed by atoms with Gasteiger partial charge in [0.05, 0.1) is 16.9 Å². The van der Waals surface area contributed by atoms with Gasteiger partial charge in [0, 0.05) is 13.1 Å². The molecule has 1 rings (SSSR count). The van der Waals surface area contributed by atoms with Gasteiger partial charge in [0.15, 0.2) is 9.84 Å². The van der Waals surface area contributed by atoms with E-state index in [1.165, 1.54) is 0 Å². The number of hydrogen-bond donors (Lipinski definition) is 1. The third kappa shape index (κ3) is 4.94. The van der Waals surface area contributed by atoms with Crippen LogP contribution >= 0.6 is 0 Å². The lowest BCUT2D eigenvalue weighted by Crippen LogP contribution is -2.40. The van der Waals surface area contributed by atoms with E-state index in [4.69, 9.17) is 5.11 Å². The van der Waals surface area contributed by atoms with Crippen molar-refractivity contribution < 1.29 is 18.3 Å². The average molecular weight is 277 g/mol. The van der Waals surface area contributed by atoms with Crippen LogP contribution in [0.1, 0.15) is 33.1 Å². The van der Waals surface area contributed by atoms with Crippen molar-refractivity contribution in [3.8, 4) is 0 Å². The van der Waals surface area contributed by atoms with Gasteiger partial charge in [-0.05, 0) is 33.2 Å². The minimum absolute atomic E-state index is 0.258. The van der Waals surface area contributed by atoms with Crippen LogP contribution in [0.3, 0.4) is 0 Å². The van der Waals surface area contributed by atoms with Gasteiger partial charge in [-0.1, -0.05) is 6.42 Å². The fourth-order valence-electron chi connectivity index (χ4n) is 1.98. The van der Waals surface area contributed by atoms with Gasteiger partial charge >= 0.3 is 5.97 Å². The molecule has 18 heavy (non-hydrogen) atoms. The first-order valence-electron chi connectivity index (χ1n) is 6.39. The first-order chi connectivity index (χ1) is 8.23. The molecule has 0 amide bonds. The molecule has 0 aromatic heterocycles. The molecule has 0 aromatic carbocycles. The van der Waals surface area contributed by atoms with Gasteiger partial charge in [-0.15, -0.1) is 0 Å². The van der Waals surface area contributed by atoms with Crippen LogP contribution in [0.25, 0.3) is 0 Å². The molecule has 0 spiro atoms. The lowest BCUT2D eigenvalue weighted by atomic mass is 9.87. The smallest absolute Gasteiger partial charge is 0.309 e. The normalized spacial score (nSPS) is 20.8. The maximum Gasteiger partial charge on any atom is 0.309 e. The molecule has 1 saturated heterocycles. The molecule has 0 aromatic rings. The number of carboxylic acids is 1. The predicted molar refractivity (Wildman–Crippen MR) is 70.4 cm³/mol. The topological polar surface area (TPSA) is 74.7 Å². The lowest BCUT2D eigenvalue weighted by Gasteiger charge is -2.27. The number of unbranched alkanes of at least 4 members (excludes halogenated alkanes) is 1. The molecule has 5 nitrogen and oxygen atoms in total. The van der Waals surface area contributed by atoms with Gasteiger partial charge in [-0.2, -0.15) is 0 Å². The number of nitrogens with zero attached hydrogens (tertiary/aromatic N) is 1. The summed E-state index contributed by atoms with van der Waals surface area (Å²) >= 11 is 0. The van der Waals surface area contributed by atoms with Crippen LogP contribution in [0.5, 0.6) is 0 Å². The first-order valence-corrected chi connectivity index (χ1v) is 8.21. The Hall–Kier alpha value is -0.620. The molecule has 0 aliphatic carbocycles. The molecule has 106 valence electrons. The Labute approximate surface area is 109 Å². The summed E-state index contributed by atoms with van der Waals surface area (Å²) in [5, 5.41) is 8.97. The van der Waals surface area contributed by atoms with Crippen LogP contribution in [0.15, 0.2) is 0 Å². The maximum atomic E-state index is 11.2. The Balaban J connectivity index is 2.18. The average Bonchev–Trinajstić information content (AvgIpc) is 2.26. The molecule has 0 saturated carbocycles. The molecule has 1 N–H and O–H groups in total. The molecule has 0 unspecified atom stereocenters. The van der Waals surface area contributed by atoms with E-state index in [9.17, 15) is 13.2 Å². The summed E-state index contributed by atoms with van der Waals surface area (Å²) in [6, 6.07) is 0. The minimum Gasteiger partial charge on any atom is -0.481 e. The van der Waals surface area contributed by atoms with Crippen molar-refractivity contribution in [2.45, 2.75) is 33.1 Å². The van der Waals surface area contributed by atoms with E-state index >= 15 is 0 Å². The third-order valence-corrected chi connectivity index (χ3v) is 5.15.